The minimum Gasteiger partial charge on any atom is -0.457 e. The second kappa shape index (κ2) is 53.9. The molecule has 6 atom stereocenters. The van der Waals surface area contributed by atoms with Crippen molar-refractivity contribution in [1.82, 2.24) is 0 Å². The highest BCUT2D eigenvalue weighted by molar-refractivity contribution is 7.80. The Morgan fingerprint density at radius 2 is 0.896 bits per heavy atom. The fourth-order valence-electron chi connectivity index (χ4n) is 9.18. The zero-order valence-corrected chi connectivity index (χ0v) is 49.3. The lowest BCUT2D eigenvalue weighted by Crippen LogP contribution is -2.60. The first-order valence-corrected chi connectivity index (χ1v) is 32.2. The van der Waals surface area contributed by atoms with E-state index in [9.17, 15) is 33.1 Å². The molecule has 77 heavy (non-hydrogen) atoms. The molecule has 446 valence electrons. The van der Waals surface area contributed by atoms with Crippen LogP contribution in [0, 0.1) is 0 Å². The van der Waals surface area contributed by atoms with Crippen LogP contribution in [0.2, 0.25) is 0 Å². The van der Waals surface area contributed by atoms with Crippen LogP contribution in [0.3, 0.4) is 0 Å². The van der Waals surface area contributed by atoms with Gasteiger partial charge in [-0.1, -0.05) is 259 Å². The number of unbranched alkanes of at least 4 members (excludes halogenated alkanes) is 27. The van der Waals surface area contributed by atoms with E-state index >= 15 is 0 Å². The van der Waals surface area contributed by atoms with E-state index in [1.54, 1.807) is 0 Å². The number of esters is 1. The standard InChI is InChI=1S/C64H112O12S/c1-3-5-7-9-11-13-15-17-19-21-23-25-27-29-30-32-34-36-38-40-42-44-46-48-50-52-54-72-56-58(57-73-64-62(68)63(76-77(69,70)71)61(67)59(55-65)75-64)74-60(66)53-51-49-47-45-43-41-39-37-35-33-31-28-26-24-22-20-18-16-14-12-10-8-6-4-2/h5,7,11,13,17,19,23,25,29-30,34,36,40,42,58-59,61-65,67-68H,3-4,6,8-10,12,14-16,18,20-22,24,26-28,31-33,35,37-39,41,43-57H2,1-2H3,(H,69,70,71)/b7-5-,13-11-,19-17-,25-23-,30-29-,36-34-,42-40-. The van der Waals surface area contributed by atoms with Crippen molar-refractivity contribution in [3.05, 3.63) is 85.1 Å². The van der Waals surface area contributed by atoms with E-state index in [0.29, 0.717) is 13.0 Å². The van der Waals surface area contributed by atoms with Crippen LogP contribution in [0.4, 0.5) is 0 Å². The largest absolute Gasteiger partial charge is 0.457 e. The molecule has 13 heteroatoms. The summed E-state index contributed by atoms with van der Waals surface area (Å²) in [4.78, 5) is 13.0. The van der Waals surface area contributed by atoms with Crippen molar-refractivity contribution >= 4 is 16.4 Å². The first kappa shape index (κ1) is 72.3. The van der Waals surface area contributed by atoms with E-state index < -0.39 is 59.8 Å². The number of allylic oxidation sites excluding steroid dienone is 14. The molecule has 1 aliphatic heterocycles. The predicted molar refractivity (Wildman–Crippen MR) is 317 cm³/mol. The SMILES string of the molecule is CC/C=C\C/C=C\C/C=C\C/C=C\C/C=C\C/C=C\C/C=C\CCCCCCOCC(COC1OC(CO)C(O)C(OS(=O)(=O)O)C1O)OC(=O)CCCCCCCCCCCCCCCCCCCCCCCCCC. The normalized spacial score (nSPS) is 19.1. The van der Waals surface area contributed by atoms with E-state index in [1.165, 1.54) is 128 Å². The molecule has 0 bridgehead atoms. The van der Waals surface area contributed by atoms with Gasteiger partial charge >= 0.3 is 16.4 Å². The third kappa shape index (κ3) is 46.7. The van der Waals surface area contributed by atoms with E-state index in [2.05, 4.69) is 103 Å². The summed E-state index contributed by atoms with van der Waals surface area (Å²) < 4.78 is 59.5. The van der Waals surface area contributed by atoms with Gasteiger partial charge in [0.25, 0.3) is 0 Å². The van der Waals surface area contributed by atoms with Crippen LogP contribution in [0.15, 0.2) is 85.1 Å². The minimum absolute atomic E-state index is 0.0162. The van der Waals surface area contributed by atoms with Crippen molar-refractivity contribution in [2.75, 3.05) is 26.4 Å². The number of rotatable bonds is 54. The average molecular weight is 1110 g/mol. The van der Waals surface area contributed by atoms with Gasteiger partial charge in [-0.05, 0) is 70.6 Å². The summed E-state index contributed by atoms with van der Waals surface area (Å²) in [5.74, 6) is -0.406. The molecule has 1 heterocycles. The van der Waals surface area contributed by atoms with Crippen molar-refractivity contribution < 1.29 is 56.2 Å². The summed E-state index contributed by atoms with van der Waals surface area (Å²) in [6.45, 7) is 3.85. The Morgan fingerprint density at radius 3 is 1.31 bits per heavy atom. The Hall–Kier alpha value is -2.72. The molecule has 0 aromatic carbocycles. The van der Waals surface area contributed by atoms with Gasteiger partial charge in [-0.25, -0.2) is 4.18 Å². The molecule has 0 aliphatic carbocycles. The van der Waals surface area contributed by atoms with E-state index in [0.717, 1.165) is 96.3 Å². The molecule has 0 aromatic rings. The van der Waals surface area contributed by atoms with Crippen molar-refractivity contribution in [3.8, 4) is 0 Å². The predicted octanol–water partition coefficient (Wildman–Crippen LogP) is 15.9. The molecule has 4 N–H and O–H groups in total. The Balaban J connectivity index is 2.30. The number of aliphatic hydroxyl groups excluding tert-OH is 3. The van der Waals surface area contributed by atoms with Gasteiger partial charge in [-0.15, -0.1) is 0 Å². The first-order valence-electron chi connectivity index (χ1n) is 30.8. The number of hydrogen-bond donors (Lipinski definition) is 4. The molecule has 1 rings (SSSR count). The second-order valence-corrected chi connectivity index (χ2v) is 22.0. The summed E-state index contributed by atoms with van der Waals surface area (Å²) >= 11 is 0. The summed E-state index contributed by atoms with van der Waals surface area (Å²) in [5, 5.41) is 30.9. The maximum absolute atomic E-state index is 13.0. The Bertz CT molecular complexity index is 1660. The monoisotopic (exact) mass is 1100 g/mol. The zero-order valence-electron chi connectivity index (χ0n) is 48.5. The van der Waals surface area contributed by atoms with Gasteiger partial charge in [0.1, 0.15) is 30.5 Å². The maximum atomic E-state index is 13.0. The molecule has 1 fully saturated rings. The lowest BCUT2D eigenvalue weighted by Gasteiger charge is -2.41. The topological polar surface area (TPSA) is 178 Å². The van der Waals surface area contributed by atoms with Crippen LogP contribution in [0.5, 0.6) is 0 Å². The van der Waals surface area contributed by atoms with Gasteiger partial charge < -0.3 is 34.3 Å². The van der Waals surface area contributed by atoms with Crippen molar-refractivity contribution in [2.24, 2.45) is 0 Å². The Morgan fingerprint density at radius 1 is 0.506 bits per heavy atom. The van der Waals surface area contributed by atoms with Crippen LogP contribution in [0.1, 0.15) is 251 Å². The van der Waals surface area contributed by atoms with Gasteiger partial charge in [0.2, 0.25) is 0 Å². The number of hydrogen-bond acceptors (Lipinski definition) is 11. The molecule has 1 aliphatic rings. The van der Waals surface area contributed by atoms with Crippen molar-refractivity contribution in [2.45, 2.75) is 288 Å². The molecule has 6 unspecified atom stereocenters. The van der Waals surface area contributed by atoms with Crippen molar-refractivity contribution in [1.29, 1.82) is 0 Å². The quantitative estimate of drug-likeness (QED) is 0.0196. The fraction of sp³-hybridized carbons (Fsp3) is 0.766. The summed E-state index contributed by atoms with van der Waals surface area (Å²) in [5.41, 5.74) is 0. The highest BCUT2D eigenvalue weighted by Crippen LogP contribution is 2.26. The molecular formula is C64H112O12S. The van der Waals surface area contributed by atoms with Gasteiger partial charge in [0, 0.05) is 13.0 Å². The minimum atomic E-state index is -5.08. The van der Waals surface area contributed by atoms with Crippen molar-refractivity contribution in [3.63, 3.8) is 0 Å². The molecule has 0 spiro atoms. The van der Waals surface area contributed by atoms with E-state index in [-0.39, 0.29) is 19.6 Å². The molecule has 0 saturated carbocycles. The molecular weight excluding hydrogens is 993 g/mol. The lowest BCUT2D eigenvalue weighted by molar-refractivity contribution is -0.301. The third-order valence-corrected chi connectivity index (χ3v) is 14.2. The highest BCUT2D eigenvalue weighted by atomic mass is 32.3. The molecule has 0 radical (unpaired) electrons. The molecule has 0 amide bonds. The van der Waals surface area contributed by atoms with Crippen LogP contribution in [0.25, 0.3) is 0 Å². The lowest BCUT2D eigenvalue weighted by atomic mass is 9.99. The van der Waals surface area contributed by atoms with Crippen LogP contribution in [-0.4, -0.2) is 97.5 Å². The number of carbonyl (C=O) groups excluding carboxylic acids is 1. The zero-order chi connectivity index (χ0) is 56.0. The average Bonchev–Trinajstić information content (AvgIpc) is 3.42. The Labute approximate surface area is 470 Å². The molecule has 0 aromatic heterocycles. The highest BCUT2D eigenvalue weighted by Gasteiger charge is 2.48. The number of aliphatic hydroxyl groups is 3. The van der Waals surface area contributed by atoms with Gasteiger partial charge in [0.05, 0.1) is 19.8 Å². The smallest absolute Gasteiger partial charge is 0.397 e. The molecule has 12 nitrogen and oxygen atoms in total. The molecule has 1 saturated heterocycles. The van der Waals surface area contributed by atoms with Gasteiger partial charge in [-0.3, -0.25) is 9.35 Å². The summed E-state index contributed by atoms with van der Waals surface area (Å²) in [7, 11) is -5.08. The third-order valence-electron chi connectivity index (χ3n) is 13.8. The van der Waals surface area contributed by atoms with Crippen LogP contribution < -0.4 is 0 Å². The fourth-order valence-corrected chi connectivity index (χ4v) is 9.69. The van der Waals surface area contributed by atoms with Gasteiger partial charge in [0.15, 0.2) is 6.29 Å². The van der Waals surface area contributed by atoms with E-state index in [1.807, 2.05) is 0 Å². The number of ether oxygens (including phenoxy) is 4. The Kier molecular flexibility index (Phi) is 50.6. The summed E-state index contributed by atoms with van der Waals surface area (Å²) in [6, 6.07) is 0. The second-order valence-electron chi connectivity index (χ2n) is 20.9. The first-order chi connectivity index (χ1) is 37.6. The van der Waals surface area contributed by atoms with Gasteiger partial charge in [-0.2, -0.15) is 8.42 Å². The van der Waals surface area contributed by atoms with E-state index in [4.69, 9.17) is 18.9 Å². The summed E-state index contributed by atoms with van der Waals surface area (Å²) in [6.07, 6.45) is 64.8. The number of carbonyl (C=O) groups is 1. The van der Waals surface area contributed by atoms with Crippen LogP contribution in [-0.2, 0) is 38.3 Å². The maximum Gasteiger partial charge on any atom is 0.397 e. The van der Waals surface area contributed by atoms with Crippen LogP contribution >= 0.6 is 0 Å².